The maximum absolute atomic E-state index is 11.5. The third-order valence-corrected chi connectivity index (χ3v) is 3.29. The normalized spacial score (nSPS) is 24.9. The predicted molar refractivity (Wildman–Crippen MR) is 75.2 cm³/mol. The summed E-state index contributed by atoms with van der Waals surface area (Å²) in [6, 6.07) is 10.1. The van der Waals surface area contributed by atoms with Crippen LogP contribution < -0.4 is 0 Å². The van der Waals surface area contributed by atoms with Crippen molar-refractivity contribution in [3.8, 4) is 0 Å². The van der Waals surface area contributed by atoms with Crippen molar-refractivity contribution in [2.24, 2.45) is 0 Å². The Labute approximate surface area is 120 Å². The summed E-state index contributed by atoms with van der Waals surface area (Å²) in [7, 11) is 0. The number of carbonyl (C=O) groups excluding carboxylic acids is 1. The van der Waals surface area contributed by atoms with Crippen molar-refractivity contribution in [3.63, 3.8) is 0 Å². The van der Waals surface area contributed by atoms with E-state index in [2.05, 4.69) is 0 Å². The van der Waals surface area contributed by atoms with Gasteiger partial charge in [0, 0.05) is 13.0 Å². The Bertz CT molecular complexity index is 404. The Balaban J connectivity index is 1.85. The number of rotatable bonds is 3. The summed E-state index contributed by atoms with van der Waals surface area (Å²) < 4.78 is 16.7. The Morgan fingerprint density at radius 2 is 2.05 bits per heavy atom. The van der Waals surface area contributed by atoms with Gasteiger partial charge in [0.2, 0.25) is 0 Å². The van der Waals surface area contributed by atoms with Gasteiger partial charge in [0.1, 0.15) is 6.10 Å². The average Bonchev–Trinajstić information content (AvgIpc) is 2.45. The van der Waals surface area contributed by atoms with E-state index in [0.717, 1.165) is 12.0 Å². The van der Waals surface area contributed by atoms with Crippen LogP contribution in [0.5, 0.6) is 0 Å². The molecule has 20 heavy (non-hydrogen) atoms. The first-order chi connectivity index (χ1) is 9.74. The van der Waals surface area contributed by atoms with E-state index in [0.29, 0.717) is 32.7 Å². The molecule has 0 aliphatic carbocycles. The highest BCUT2D eigenvalue weighted by Gasteiger charge is 2.19. The first-order valence-electron chi connectivity index (χ1n) is 7.17. The van der Waals surface area contributed by atoms with Crippen LogP contribution in [-0.2, 0) is 25.6 Å². The van der Waals surface area contributed by atoms with E-state index in [-0.39, 0.29) is 18.2 Å². The molecule has 0 saturated carbocycles. The lowest BCUT2D eigenvalue weighted by molar-refractivity contribution is -0.152. The minimum atomic E-state index is -0.193. The van der Waals surface area contributed by atoms with Crippen molar-refractivity contribution in [2.45, 2.75) is 45.0 Å². The Morgan fingerprint density at radius 3 is 2.85 bits per heavy atom. The summed E-state index contributed by atoms with van der Waals surface area (Å²) in [5.74, 6) is -0.193. The number of ether oxygens (including phenoxy) is 3. The Hall–Kier alpha value is -1.39. The van der Waals surface area contributed by atoms with Gasteiger partial charge in [-0.05, 0) is 18.9 Å². The van der Waals surface area contributed by atoms with E-state index in [4.69, 9.17) is 14.2 Å². The average molecular weight is 278 g/mol. The molecule has 2 unspecified atom stereocenters. The predicted octanol–water partition coefficient (Wildman–Crippen LogP) is 2.70. The number of cyclic esters (lactones) is 1. The fourth-order valence-electron chi connectivity index (χ4n) is 2.23. The number of benzene rings is 1. The Kier molecular flexibility index (Phi) is 6.02. The van der Waals surface area contributed by atoms with Crippen LogP contribution in [0, 0.1) is 0 Å². The van der Waals surface area contributed by atoms with Crippen LogP contribution in [0.25, 0.3) is 0 Å². The monoisotopic (exact) mass is 278 g/mol. The highest BCUT2D eigenvalue weighted by molar-refractivity contribution is 5.69. The number of esters is 1. The molecular formula is C16H22O4. The van der Waals surface area contributed by atoms with Gasteiger partial charge in [-0.25, -0.2) is 0 Å². The van der Waals surface area contributed by atoms with Gasteiger partial charge in [0.15, 0.2) is 0 Å². The molecule has 1 aromatic rings. The molecule has 1 aliphatic heterocycles. The van der Waals surface area contributed by atoms with Crippen LogP contribution in [0.2, 0.25) is 0 Å². The molecule has 1 saturated heterocycles. The molecule has 4 heteroatoms. The molecule has 1 heterocycles. The second-order valence-corrected chi connectivity index (χ2v) is 5.11. The van der Waals surface area contributed by atoms with Gasteiger partial charge in [-0.1, -0.05) is 30.3 Å². The van der Waals surface area contributed by atoms with Crippen LogP contribution in [0.4, 0.5) is 0 Å². The van der Waals surface area contributed by atoms with Gasteiger partial charge < -0.3 is 14.2 Å². The molecule has 0 bridgehead atoms. The van der Waals surface area contributed by atoms with Gasteiger partial charge in [-0.15, -0.1) is 0 Å². The summed E-state index contributed by atoms with van der Waals surface area (Å²) in [4.78, 5) is 11.5. The van der Waals surface area contributed by atoms with Crippen molar-refractivity contribution in [3.05, 3.63) is 35.9 Å². The minimum absolute atomic E-state index is 0.0520. The summed E-state index contributed by atoms with van der Waals surface area (Å²) in [6.45, 7) is 3.54. The molecule has 2 rings (SSSR count). The van der Waals surface area contributed by atoms with Crippen molar-refractivity contribution < 1.29 is 19.0 Å². The van der Waals surface area contributed by atoms with Crippen molar-refractivity contribution in [1.29, 1.82) is 0 Å². The highest BCUT2D eigenvalue weighted by Crippen LogP contribution is 2.15. The van der Waals surface area contributed by atoms with E-state index in [1.54, 1.807) is 0 Å². The van der Waals surface area contributed by atoms with Crippen LogP contribution in [0.3, 0.4) is 0 Å². The third-order valence-electron chi connectivity index (χ3n) is 3.29. The number of hydrogen-bond acceptors (Lipinski definition) is 4. The Morgan fingerprint density at radius 1 is 1.25 bits per heavy atom. The quantitative estimate of drug-likeness (QED) is 0.797. The second-order valence-electron chi connectivity index (χ2n) is 5.11. The maximum atomic E-state index is 11.5. The summed E-state index contributed by atoms with van der Waals surface area (Å²) >= 11 is 0. The van der Waals surface area contributed by atoms with Crippen LogP contribution >= 0.6 is 0 Å². The fourth-order valence-corrected chi connectivity index (χ4v) is 2.23. The van der Waals surface area contributed by atoms with Crippen molar-refractivity contribution >= 4 is 5.97 Å². The minimum Gasteiger partial charge on any atom is -0.462 e. The molecule has 0 amide bonds. The lowest BCUT2D eigenvalue weighted by Crippen LogP contribution is -2.27. The molecule has 0 spiro atoms. The van der Waals surface area contributed by atoms with Crippen molar-refractivity contribution in [2.75, 3.05) is 13.2 Å². The molecule has 0 N–H and O–H groups in total. The van der Waals surface area contributed by atoms with E-state index in [1.807, 2.05) is 37.3 Å². The molecule has 1 fully saturated rings. The zero-order valence-electron chi connectivity index (χ0n) is 11.9. The molecular weight excluding hydrogens is 256 g/mol. The topological polar surface area (TPSA) is 44.8 Å². The van der Waals surface area contributed by atoms with E-state index < -0.39 is 0 Å². The van der Waals surface area contributed by atoms with Gasteiger partial charge in [-0.3, -0.25) is 4.79 Å². The van der Waals surface area contributed by atoms with Crippen LogP contribution in [-0.4, -0.2) is 31.4 Å². The largest absolute Gasteiger partial charge is 0.462 e. The summed E-state index contributed by atoms with van der Waals surface area (Å²) in [5, 5.41) is 0. The van der Waals surface area contributed by atoms with Gasteiger partial charge >= 0.3 is 5.97 Å². The SMILES string of the molecule is CC1CC(OCc2ccccc2)CCOCCC(=O)O1. The lowest BCUT2D eigenvalue weighted by Gasteiger charge is -2.23. The van der Waals surface area contributed by atoms with Gasteiger partial charge in [-0.2, -0.15) is 0 Å². The highest BCUT2D eigenvalue weighted by atomic mass is 16.5. The summed E-state index contributed by atoms with van der Waals surface area (Å²) in [6.07, 6.45) is 1.81. The molecule has 110 valence electrons. The van der Waals surface area contributed by atoms with Gasteiger partial charge in [0.05, 0.1) is 25.7 Å². The zero-order chi connectivity index (χ0) is 14.2. The molecule has 1 aliphatic rings. The van der Waals surface area contributed by atoms with Crippen LogP contribution in [0.1, 0.15) is 31.7 Å². The number of hydrogen-bond donors (Lipinski definition) is 0. The van der Waals surface area contributed by atoms with E-state index in [1.165, 1.54) is 0 Å². The molecule has 1 aromatic carbocycles. The van der Waals surface area contributed by atoms with E-state index >= 15 is 0 Å². The number of carbonyl (C=O) groups is 1. The zero-order valence-corrected chi connectivity index (χ0v) is 11.9. The van der Waals surface area contributed by atoms with Gasteiger partial charge in [0.25, 0.3) is 0 Å². The van der Waals surface area contributed by atoms with E-state index in [9.17, 15) is 4.79 Å². The first-order valence-corrected chi connectivity index (χ1v) is 7.17. The molecule has 2 atom stereocenters. The molecule has 0 aromatic heterocycles. The fraction of sp³-hybridized carbons (Fsp3) is 0.562. The molecule has 4 nitrogen and oxygen atoms in total. The smallest absolute Gasteiger partial charge is 0.308 e. The molecule has 0 radical (unpaired) electrons. The second kappa shape index (κ2) is 8.02. The van der Waals surface area contributed by atoms with Crippen molar-refractivity contribution in [1.82, 2.24) is 0 Å². The summed E-state index contributed by atoms with van der Waals surface area (Å²) in [5.41, 5.74) is 1.15. The maximum Gasteiger partial charge on any atom is 0.308 e. The first kappa shape index (κ1) is 15.0. The third kappa shape index (κ3) is 5.31. The van der Waals surface area contributed by atoms with Crippen LogP contribution in [0.15, 0.2) is 30.3 Å². The standard InChI is InChI=1S/C16H22O4/c1-13-11-15(7-9-18-10-8-16(17)20-13)19-12-14-5-3-2-4-6-14/h2-6,13,15H,7-12H2,1H3. The lowest BCUT2D eigenvalue weighted by atomic mass is 10.1.